The van der Waals surface area contributed by atoms with Crippen LogP contribution in [0.3, 0.4) is 0 Å². The Labute approximate surface area is 136 Å². The largest absolute Gasteiger partial charge is 0.497 e. The molecule has 122 valence electrons. The third-order valence-electron chi connectivity index (χ3n) is 5.06. The maximum atomic E-state index is 5.95. The van der Waals surface area contributed by atoms with Crippen LogP contribution < -0.4 is 9.64 Å². The number of hydrogen-bond acceptors (Lipinski definition) is 5. The number of hydrogen-bond donors (Lipinski definition) is 0. The monoisotopic (exact) mass is 313 g/mol. The summed E-state index contributed by atoms with van der Waals surface area (Å²) in [5, 5.41) is 1.12. The van der Waals surface area contributed by atoms with Crippen molar-refractivity contribution in [2.75, 3.05) is 45.3 Å². The van der Waals surface area contributed by atoms with E-state index in [9.17, 15) is 0 Å². The lowest BCUT2D eigenvalue weighted by molar-refractivity contribution is -0.0362. The van der Waals surface area contributed by atoms with E-state index >= 15 is 0 Å². The van der Waals surface area contributed by atoms with Gasteiger partial charge in [0.25, 0.3) is 0 Å². The Kier molecular flexibility index (Phi) is 3.62. The molecule has 0 N–H and O–H groups in total. The van der Waals surface area contributed by atoms with Gasteiger partial charge in [-0.2, -0.15) is 0 Å². The van der Waals surface area contributed by atoms with Crippen LogP contribution in [0.2, 0.25) is 0 Å². The second-order valence-electron chi connectivity index (χ2n) is 6.55. The molecule has 0 saturated carbocycles. The summed E-state index contributed by atoms with van der Waals surface area (Å²) in [5.74, 6) is 1.95. The van der Waals surface area contributed by atoms with E-state index in [0.29, 0.717) is 12.1 Å². The Morgan fingerprint density at radius 1 is 1.26 bits per heavy atom. The molecule has 5 heteroatoms. The van der Waals surface area contributed by atoms with Gasteiger partial charge in [-0.15, -0.1) is 0 Å². The Hall–Kier alpha value is -1.85. The van der Waals surface area contributed by atoms with E-state index < -0.39 is 0 Å². The average Bonchev–Trinajstić information content (AvgIpc) is 2.99. The molecular formula is C18H23N3O2. The fourth-order valence-electron chi connectivity index (χ4n) is 3.73. The predicted molar refractivity (Wildman–Crippen MR) is 91.4 cm³/mol. The van der Waals surface area contributed by atoms with Crippen molar-refractivity contribution in [3.63, 3.8) is 0 Å². The number of anilines is 1. The number of nitrogens with zero attached hydrogens (tertiary/aromatic N) is 3. The minimum absolute atomic E-state index is 0.293. The van der Waals surface area contributed by atoms with Gasteiger partial charge < -0.3 is 14.4 Å². The van der Waals surface area contributed by atoms with E-state index in [1.54, 1.807) is 7.11 Å². The molecule has 2 saturated heterocycles. The Bertz CT molecular complexity index is 734. The van der Waals surface area contributed by atoms with Crippen molar-refractivity contribution >= 4 is 16.7 Å². The number of benzene rings is 1. The molecule has 1 aromatic carbocycles. The number of likely N-dealkylation sites (N-methyl/N-ethyl adjacent to an activating group) is 1. The zero-order valence-corrected chi connectivity index (χ0v) is 14.0. The second kappa shape index (κ2) is 5.65. The maximum absolute atomic E-state index is 5.95. The van der Waals surface area contributed by atoms with Gasteiger partial charge in [-0.1, -0.05) is 0 Å². The molecular weight excluding hydrogens is 290 g/mol. The number of morpholine rings is 1. The summed E-state index contributed by atoms with van der Waals surface area (Å²) in [6.07, 6.45) is 0.293. The van der Waals surface area contributed by atoms with Gasteiger partial charge in [-0.3, -0.25) is 4.90 Å². The maximum Gasteiger partial charge on any atom is 0.132 e. The molecule has 0 aliphatic carbocycles. The first kappa shape index (κ1) is 14.7. The first-order valence-electron chi connectivity index (χ1n) is 8.18. The highest BCUT2D eigenvalue weighted by Crippen LogP contribution is 2.30. The van der Waals surface area contributed by atoms with Gasteiger partial charge in [-0.05, 0) is 43.8 Å². The molecule has 1 aromatic heterocycles. The number of rotatable bonds is 2. The number of methoxy groups -OCH3 is 1. The van der Waals surface area contributed by atoms with Crippen molar-refractivity contribution in [1.29, 1.82) is 0 Å². The summed E-state index contributed by atoms with van der Waals surface area (Å²) >= 11 is 0. The second-order valence-corrected chi connectivity index (χ2v) is 6.55. The number of aryl methyl sites for hydroxylation is 1. The molecule has 5 nitrogen and oxygen atoms in total. The highest BCUT2D eigenvalue weighted by molar-refractivity contribution is 5.83. The van der Waals surface area contributed by atoms with Crippen LogP contribution in [0, 0.1) is 6.92 Å². The highest BCUT2D eigenvalue weighted by atomic mass is 16.5. The Morgan fingerprint density at radius 3 is 2.91 bits per heavy atom. The molecule has 0 unspecified atom stereocenters. The number of ether oxygens (including phenoxy) is 2. The van der Waals surface area contributed by atoms with Crippen molar-refractivity contribution in [3.8, 4) is 5.75 Å². The van der Waals surface area contributed by atoms with Crippen LogP contribution in [0.5, 0.6) is 5.75 Å². The summed E-state index contributed by atoms with van der Waals surface area (Å²) in [5.41, 5.74) is 2.21. The first-order valence-corrected chi connectivity index (χ1v) is 8.18. The molecule has 4 rings (SSSR count). The predicted octanol–water partition coefficient (Wildman–Crippen LogP) is 2.07. The molecule has 23 heavy (non-hydrogen) atoms. The topological polar surface area (TPSA) is 37.8 Å². The summed E-state index contributed by atoms with van der Waals surface area (Å²) < 4.78 is 11.3. The molecule has 2 atom stereocenters. The van der Waals surface area contributed by atoms with Crippen molar-refractivity contribution < 1.29 is 9.47 Å². The van der Waals surface area contributed by atoms with Crippen LogP contribution in [0.15, 0.2) is 24.3 Å². The number of fused-ring (bicyclic) bond motifs is 2. The summed E-state index contributed by atoms with van der Waals surface area (Å²) in [6.45, 7) is 5.88. The van der Waals surface area contributed by atoms with E-state index in [2.05, 4.69) is 29.8 Å². The zero-order chi connectivity index (χ0) is 16.0. The van der Waals surface area contributed by atoms with E-state index in [1.165, 1.54) is 5.56 Å². The van der Waals surface area contributed by atoms with E-state index in [0.717, 1.165) is 48.7 Å². The average molecular weight is 313 g/mol. The van der Waals surface area contributed by atoms with Gasteiger partial charge in [0.1, 0.15) is 11.6 Å². The highest BCUT2D eigenvalue weighted by Gasteiger charge is 2.39. The molecule has 2 aliphatic heterocycles. The molecule has 0 amide bonds. The number of pyridine rings is 1. The quantitative estimate of drug-likeness (QED) is 0.848. The SMILES string of the molecule is COc1ccc2nc(N3C[C@@H]4[C@@H](C3)OCCN4C)c(C)cc2c1. The van der Waals surface area contributed by atoms with Crippen LogP contribution in [0.4, 0.5) is 5.82 Å². The van der Waals surface area contributed by atoms with Crippen molar-refractivity contribution in [3.05, 3.63) is 29.8 Å². The summed E-state index contributed by atoms with van der Waals surface area (Å²) in [4.78, 5) is 9.69. The molecule has 3 heterocycles. The fourth-order valence-corrected chi connectivity index (χ4v) is 3.73. The molecule has 0 spiro atoms. The normalized spacial score (nSPS) is 24.9. The zero-order valence-electron chi connectivity index (χ0n) is 14.0. The molecule has 0 radical (unpaired) electrons. The fraction of sp³-hybridized carbons (Fsp3) is 0.500. The molecule has 2 aliphatic rings. The van der Waals surface area contributed by atoms with Gasteiger partial charge in [0.15, 0.2) is 0 Å². The van der Waals surface area contributed by atoms with Crippen LogP contribution in [0.1, 0.15) is 5.56 Å². The molecule has 2 fully saturated rings. The minimum Gasteiger partial charge on any atom is -0.497 e. The lowest BCUT2D eigenvalue weighted by atomic mass is 10.1. The summed E-state index contributed by atoms with van der Waals surface area (Å²) in [7, 11) is 3.88. The van der Waals surface area contributed by atoms with Gasteiger partial charge in [0.2, 0.25) is 0 Å². The smallest absolute Gasteiger partial charge is 0.132 e. The third kappa shape index (κ3) is 2.54. The standard InChI is InChI=1S/C18H23N3O2/c1-12-8-13-9-14(22-3)4-5-15(13)19-18(12)21-10-16-17(11-21)23-7-6-20(16)2/h4-5,8-9,16-17H,6-7,10-11H2,1-3H3/t16-,17-/m1/s1. The third-order valence-corrected chi connectivity index (χ3v) is 5.06. The first-order chi connectivity index (χ1) is 11.2. The van der Waals surface area contributed by atoms with Crippen LogP contribution in [-0.2, 0) is 4.74 Å². The minimum atomic E-state index is 0.293. The molecule has 2 aromatic rings. The lowest BCUT2D eigenvalue weighted by Gasteiger charge is -2.33. The van der Waals surface area contributed by atoms with Gasteiger partial charge in [0.05, 0.1) is 31.4 Å². The van der Waals surface area contributed by atoms with E-state index in [1.807, 2.05) is 18.2 Å². The van der Waals surface area contributed by atoms with Crippen LogP contribution >= 0.6 is 0 Å². The van der Waals surface area contributed by atoms with Crippen molar-refractivity contribution in [2.45, 2.75) is 19.1 Å². The van der Waals surface area contributed by atoms with Gasteiger partial charge >= 0.3 is 0 Å². The van der Waals surface area contributed by atoms with E-state index in [4.69, 9.17) is 14.5 Å². The Balaban J connectivity index is 1.68. The number of aromatic nitrogens is 1. The summed E-state index contributed by atoms with van der Waals surface area (Å²) in [6, 6.07) is 8.71. The van der Waals surface area contributed by atoms with Gasteiger partial charge in [0, 0.05) is 25.0 Å². The van der Waals surface area contributed by atoms with Crippen LogP contribution in [0.25, 0.3) is 10.9 Å². The lowest BCUT2D eigenvalue weighted by Crippen LogP contribution is -2.48. The van der Waals surface area contributed by atoms with Crippen molar-refractivity contribution in [1.82, 2.24) is 9.88 Å². The van der Waals surface area contributed by atoms with Gasteiger partial charge in [-0.25, -0.2) is 4.98 Å². The van der Waals surface area contributed by atoms with Crippen molar-refractivity contribution in [2.24, 2.45) is 0 Å². The van der Waals surface area contributed by atoms with Crippen LogP contribution in [-0.4, -0.2) is 62.4 Å². The Morgan fingerprint density at radius 2 is 2.13 bits per heavy atom. The van der Waals surface area contributed by atoms with E-state index in [-0.39, 0.29) is 0 Å². The molecule has 0 bridgehead atoms.